The normalized spacial score (nSPS) is 15.9. The first-order chi connectivity index (χ1) is 14.2. The number of carbonyl (C=O) groups is 1. The molecule has 1 aromatic heterocycles. The number of rotatable bonds is 4. The van der Waals surface area contributed by atoms with Gasteiger partial charge in [-0.05, 0) is 23.3 Å². The smallest absolute Gasteiger partial charge is 0.255 e. The summed E-state index contributed by atoms with van der Waals surface area (Å²) >= 11 is 0. The number of fused-ring (bicyclic) bond motifs is 2. The van der Waals surface area contributed by atoms with E-state index in [2.05, 4.69) is 35.9 Å². The monoisotopic (exact) mass is 382 g/mol. The predicted octanol–water partition coefficient (Wildman–Crippen LogP) is 4.38. The van der Waals surface area contributed by atoms with E-state index in [0.717, 1.165) is 38.9 Å². The van der Waals surface area contributed by atoms with E-state index < -0.39 is 0 Å². The Morgan fingerprint density at radius 3 is 2.38 bits per heavy atom. The first-order valence-electron chi connectivity index (χ1n) is 9.86. The van der Waals surface area contributed by atoms with Gasteiger partial charge in [0.1, 0.15) is 0 Å². The number of hydrogen-bond donors (Lipinski definition) is 1. The molecular formula is C25H22N2O2. The zero-order valence-corrected chi connectivity index (χ0v) is 16.2. The Kier molecular flexibility index (Phi) is 4.22. The number of para-hydroxylation sites is 1. The molecule has 3 aromatic carbocycles. The Morgan fingerprint density at radius 2 is 1.59 bits per heavy atom. The molecule has 1 atom stereocenters. The molecule has 0 saturated heterocycles. The summed E-state index contributed by atoms with van der Waals surface area (Å²) in [6.45, 7) is 0.233. The van der Waals surface area contributed by atoms with Crippen molar-refractivity contribution in [3.8, 4) is 11.3 Å². The number of aromatic nitrogens is 1. The second-order valence-electron chi connectivity index (χ2n) is 7.42. The van der Waals surface area contributed by atoms with Crippen molar-refractivity contribution < 1.29 is 9.90 Å². The van der Waals surface area contributed by atoms with Gasteiger partial charge in [-0.15, -0.1) is 0 Å². The highest BCUT2D eigenvalue weighted by Gasteiger charge is 2.40. The molecule has 144 valence electrons. The van der Waals surface area contributed by atoms with Crippen LogP contribution in [0.2, 0.25) is 0 Å². The topological polar surface area (TPSA) is 45.5 Å². The molecule has 5 rings (SSSR count). The van der Waals surface area contributed by atoms with E-state index in [9.17, 15) is 9.90 Å². The number of hydrogen-bond acceptors (Lipinski definition) is 2. The van der Waals surface area contributed by atoms with Gasteiger partial charge in [0.15, 0.2) is 0 Å². The number of aliphatic hydroxyl groups is 1. The Hall–Kier alpha value is -3.37. The van der Waals surface area contributed by atoms with Crippen LogP contribution >= 0.6 is 0 Å². The first kappa shape index (κ1) is 17.7. The van der Waals surface area contributed by atoms with Crippen molar-refractivity contribution in [1.29, 1.82) is 0 Å². The molecule has 0 bridgehead atoms. The molecule has 29 heavy (non-hydrogen) atoms. The minimum absolute atomic E-state index is 0.0217. The van der Waals surface area contributed by atoms with Crippen LogP contribution in [0.1, 0.15) is 27.5 Å². The van der Waals surface area contributed by atoms with Crippen LogP contribution in [-0.2, 0) is 7.05 Å². The van der Waals surface area contributed by atoms with Gasteiger partial charge in [0.2, 0.25) is 0 Å². The second-order valence-corrected chi connectivity index (χ2v) is 7.42. The SMILES string of the molecule is Cn1c(-c2ccccc2)c([C@@H]2c3ccccc3C(=O)N2CCO)c2ccccc21. The van der Waals surface area contributed by atoms with Crippen molar-refractivity contribution in [2.75, 3.05) is 13.2 Å². The van der Waals surface area contributed by atoms with E-state index in [1.54, 1.807) is 4.90 Å². The highest BCUT2D eigenvalue weighted by Crippen LogP contribution is 2.46. The van der Waals surface area contributed by atoms with Crippen LogP contribution in [0.4, 0.5) is 0 Å². The van der Waals surface area contributed by atoms with Gasteiger partial charge in [0.25, 0.3) is 5.91 Å². The molecule has 1 aliphatic rings. The summed E-state index contributed by atoms with van der Waals surface area (Å²) in [5.41, 5.74) is 6.17. The third-order valence-electron chi connectivity index (χ3n) is 5.87. The highest BCUT2D eigenvalue weighted by molar-refractivity contribution is 6.02. The van der Waals surface area contributed by atoms with E-state index in [1.165, 1.54) is 0 Å². The molecule has 0 saturated carbocycles. The van der Waals surface area contributed by atoms with Crippen LogP contribution < -0.4 is 0 Å². The maximum absolute atomic E-state index is 13.2. The Bertz CT molecular complexity index is 1210. The number of carbonyl (C=O) groups excluding carboxylic acids is 1. The van der Waals surface area contributed by atoms with E-state index in [-0.39, 0.29) is 18.6 Å². The van der Waals surface area contributed by atoms with Crippen LogP contribution in [0.3, 0.4) is 0 Å². The van der Waals surface area contributed by atoms with Gasteiger partial charge >= 0.3 is 0 Å². The van der Waals surface area contributed by atoms with Gasteiger partial charge in [0.05, 0.1) is 18.3 Å². The maximum Gasteiger partial charge on any atom is 0.255 e. The van der Waals surface area contributed by atoms with Crippen LogP contribution in [0, 0.1) is 0 Å². The average molecular weight is 382 g/mol. The van der Waals surface area contributed by atoms with Crippen LogP contribution in [0.25, 0.3) is 22.2 Å². The second kappa shape index (κ2) is 6.90. The van der Waals surface area contributed by atoms with Crippen LogP contribution in [0.15, 0.2) is 78.9 Å². The van der Waals surface area contributed by atoms with Crippen molar-refractivity contribution in [1.82, 2.24) is 9.47 Å². The largest absolute Gasteiger partial charge is 0.395 e. The molecule has 0 fully saturated rings. The van der Waals surface area contributed by atoms with E-state index >= 15 is 0 Å². The molecule has 4 nitrogen and oxygen atoms in total. The zero-order chi connectivity index (χ0) is 20.0. The van der Waals surface area contributed by atoms with Gasteiger partial charge < -0.3 is 14.6 Å². The third kappa shape index (κ3) is 2.60. The Balaban J connectivity index is 1.86. The van der Waals surface area contributed by atoms with E-state index in [1.807, 2.05) is 54.6 Å². The molecule has 0 aliphatic carbocycles. The fourth-order valence-corrected chi connectivity index (χ4v) is 4.66. The molecule has 0 spiro atoms. The summed E-state index contributed by atoms with van der Waals surface area (Å²) < 4.78 is 2.21. The lowest BCUT2D eigenvalue weighted by Gasteiger charge is -2.26. The highest BCUT2D eigenvalue weighted by atomic mass is 16.3. The minimum atomic E-state index is -0.229. The van der Waals surface area contributed by atoms with Gasteiger partial charge in [-0.3, -0.25) is 4.79 Å². The third-order valence-corrected chi connectivity index (χ3v) is 5.87. The molecule has 4 aromatic rings. The van der Waals surface area contributed by atoms with E-state index in [0.29, 0.717) is 6.54 Å². The number of nitrogens with zero attached hydrogens (tertiary/aromatic N) is 2. The molecule has 0 radical (unpaired) electrons. The first-order valence-corrected chi connectivity index (χ1v) is 9.86. The van der Waals surface area contributed by atoms with Crippen LogP contribution in [-0.4, -0.2) is 33.6 Å². The fourth-order valence-electron chi connectivity index (χ4n) is 4.66. The predicted molar refractivity (Wildman–Crippen MR) is 115 cm³/mol. The zero-order valence-electron chi connectivity index (χ0n) is 16.2. The van der Waals surface area contributed by atoms with Crippen molar-refractivity contribution in [3.63, 3.8) is 0 Å². The van der Waals surface area contributed by atoms with Gasteiger partial charge in [0, 0.05) is 35.6 Å². The number of β-amino-alcohol motifs (C(OH)–C–C–N with tert-alkyl or cyclic N) is 1. The molecule has 1 aliphatic heterocycles. The summed E-state index contributed by atoms with van der Waals surface area (Å²) in [7, 11) is 2.08. The number of aryl methyl sites for hydroxylation is 1. The lowest BCUT2D eigenvalue weighted by Crippen LogP contribution is -2.31. The van der Waals surface area contributed by atoms with Crippen molar-refractivity contribution >= 4 is 16.8 Å². The van der Waals surface area contributed by atoms with E-state index in [4.69, 9.17) is 0 Å². The summed E-state index contributed by atoms with van der Waals surface area (Å²) in [4.78, 5) is 15.0. The number of aliphatic hydroxyl groups excluding tert-OH is 1. The standard InChI is InChI=1S/C25H22N2O2/c1-26-21-14-8-7-13-20(21)22(23(26)17-9-3-2-4-10-17)24-18-11-5-6-12-19(18)25(29)27(24)15-16-28/h2-14,24,28H,15-16H2,1H3/t24-/m0/s1. The molecule has 1 amide bonds. The number of benzene rings is 3. The molecule has 1 N–H and O–H groups in total. The van der Waals surface area contributed by atoms with Crippen molar-refractivity contribution in [3.05, 3.63) is 95.6 Å². The quantitative estimate of drug-likeness (QED) is 0.569. The summed E-state index contributed by atoms with van der Waals surface area (Å²) in [6.07, 6.45) is 0. The summed E-state index contributed by atoms with van der Waals surface area (Å²) in [5, 5.41) is 10.8. The van der Waals surface area contributed by atoms with Crippen molar-refractivity contribution in [2.24, 2.45) is 7.05 Å². The molecule has 2 heterocycles. The van der Waals surface area contributed by atoms with Crippen LogP contribution in [0.5, 0.6) is 0 Å². The fraction of sp³-hybridized carbons (Fsp3) is 0.160. The lowest BCUT2D eigenvalue weighted by molar-refractivity contribution is 0.0713. The van der Waals surface area contributed by atoms with Gasteiger partial charge in [-0.25, -0.2) is 0 Å². The van der Waals surface area contributed by atoms with Crippen molar-refractivity contribution in [2.45, 2.75) is 6.04 Å². The lowest BCUT2D eigenvalue weighted by atomic mass is 9.93. The average Bonchev–Trinajstić information content (AvgIpc) is 3.21. The molecular weight excluding hydrogens is 360 g/mol. The number of amides is 1. The van der Waals surface area contributed by atoms with Gasteiger partial charge in [-0.1, -0.05) is 66.7 Å². The summed E-state index contributed by atoms with van der Waals surface area (Å²) in [5.74, 6) is -0.0217. The van der Waals surface area contributed by atoms with Gasteiger partial charge in [-0.2, -0.15) is 0 Å². The molecule has 0 unspecified atom stereocenters. The Morgan fingerprint density at radius 1 is 0.897 bits per heavy atom. The summed E-state index contributed by atoms with van der Waals surface area (Å²) in [6, 6.07) is 26.2. The maximum atomic E-state index is 13.2. The molecule has 4 heteroatoms. The minimum Gasteiger partial charge on any atom is -0.395 e. The Labute approximate surface area is 169 Å².